The van der Waals surface area contributed by atoms with Crippen LogP contribution < -0.4 is 20.7 Å². The third kappa shape index (κ3) is 5.48. The quantitative estimate of drug-likeness (QED) is 0.404. The zero-order valence-electron chi connectivity index (χ0n) is 19.6. The predicted molar refractivity (Wildman–Crippen MR) is 134 cm³/mol. The fourth-order valence-corrected chi connectivity index (χ4v) is 4.76. The minimum absolute atomic E-state index is 0.0668. The number of ether oxygens (including phenoxy) is 2. The van der Waals surface area contributed by atoms with E-state index in [0.29, 0.717) is 30.1 Å². The molecule has 4 atom stereocenters. The molecule has 36 heavy (non-hydrogen) atoms. The molecule has 3 heterocycles. The van der Waals surface area contributed by atoms with E-state index in [-0.39, 0.29) is 43.1 Å². The van der Waals surface area contributed by atoms with E-state index in [1.165, 1.54) is 0 Å². The number of carbonyl (C=O) groups is 2. The summed E-state index contributed by atoms with van der Waals surface area (Å²) in [6.45, 7) is 0.199. The Morgan fingerprint density at radius 3 is 2.56 bits per heavy atom. The Hall–Kier alpha value is -3.95. The fourth-order valence-electron chi connectivity index (χ4n) is 4.76. The van der Waals surface area contributed by atoms with E-state index in [2.05, 4.69) is 20.9 Å². The Kier molecular flexibility index (Phi) is 7.11. The fraction of sp³-hybridized carbons (Fsp3) is 0.296. The monoisotopic (exact) mass is 488 g/mol. The number of nitrogens with zero attached hydrogens (tertiary/aromatic N) is 1. The van der Waals surface area contributed by atoms with Gasteiger partial charge in [-0.15, -0.1) is 0 Å². The minimum atomic E-state index is -0.549. The number of amides is 3. The van der Waals surface area contributed by atoms with Crippen LogP contribution in [0.5, 0.6) is 5.75 Å². The molecule has 0 unspecified atom stereocenters. The number of para-hydroxylation sites is 1. The Bertz CT molecular complexity index is 1210. The van der Waals surface area contributed by atoms with Crippen molar-refractivity contribution in [3.8, 4) is 5.75 Å². The lowest BCUT2D eigenvalue weighted by Crippen LogP contribution is -2.47. The number of anilines is 2. The third-order valence-electron chi connectivity index (χ3n) is 6.44. The molecule has 0 saturated carbocycles. The van der Waals surface area contributed by atoms with Gasteiger partial charge in [-0.3, -0.25) is 9.78 Å². The molecule has 2 aliphatic rings. The van der Waals surface area contributed by atoms with Gasteiger partial charge in [0.25, 0.3) is 0 Å². The van der Waals surface area contributed by atoms with Crippen molar-refractivity contribution in [2.75, 3.05) is 17.2 Å². The first-order valence-electron chi connectivity index (χ1n) is 11.9. The molecule has 9 heteroatoms. The van der Waals surface area contributed by atoms with Crippen LogP contribution in [0.1, 0.15) is 29.9 Å². The van der Waals surface area contributed by atoms with Crippen LogP contribution in [0.25, 0.3) is 0 Å². The second-order valence-corrected chi connectivity index (χ2v) is 8.94. The van der Waals surface area contributed by atoms with Crippen LogP contribution >= 0.6 is 0 Å². The smallest absolute Gasteiger partial charge is 0.323 e. The van der Waals surface area contributed by atoms with Crippen molar-refractivity contribution in [2.24, 2.45) is 0 Å². The van der Waals surface area contributed by atoms with Gasteiger partial charge in [-0.25, -0.2) is 4.79 Å². The van der Waals surface area contributed by atoms with E-state index in [1.807, 2.05) is 54.6 Å². The second kappa shape index (κ2) is 10.8. The largest absolute Gasteiger partial charge is 0.487 e. The Labute approximate surface area is 208 Å². The number of rotatable bonds is 7. The standard InChI is InChI=1S/C27H28N4O5/c32-16-24-26-22(13-20(35-24)14-25(33)29-15-17-8-10-28-11-9-17)21-12-19(6-7-23(21)36-26)31-27(34)30-18-4-2-1-3-5-18/h1-12,20,22,24,26,32H,13-16H2,(H,29,33)(H2,30,31,34)/t20-,22+,24-,26-/m1/s1. The molecule has 0 aliphatic carbocycles. The average Bonchev–Trinajstić information content (AvgIpc) is 3.26. The van der Waals surface area contributed by atoms with Crippen LogP contribution in [0.15, 0.2) is 73.1 Å². The number of aliphatic hydroxyl groups is 1. The number of nitrogens with one attached hydrogen (secondary N) is 3. The number of hydrogen-bond acceptors (Lipinski definition) is 6. The second-order valence-electron chi connectivity index (χ2n) is 8.94. The zero-order chi connectivity index (χ0) is 24.9. The summed E-state index contributed by atoms with van der Waals surface area (Å²) in [7, 11) is 0. The molecule has 0 spiro atoms. The highest BCUT2D eigenvalue weighted by Crippen LogP contribution is 2.47. The Balaban J connectivity index is 1.24. The van der Waals surface area contributed by atoms with Crippen molar-refractivity contribution in [2.45, 2.75) is 43.6 Å². The third-order valence-corrected chi connectivity index (χ3v) is 6.44. The number of fused-ring (bicyclic) bond motifs is 3. The van der Waals surface area contributed by atoms with Gasteiger partial charge >= 0.3 is 6.03 Å². The van der Waals surface area contributed by atoms with Gasteiger partial charge in [0.2, 0.25) is 5.91 Å². The van der Waals surface area contributed by atoms with Gasteiger partial charge in [-0.2, -0.15) is 0 Å². The molecule has 186 valence electrons. The number of aromatic nitrogens is 1. The van der Waals surface area contributed by atoms with Gasteiger partial charge in [0.1, 0.15) is 18.0 Å². The molecule has 1 fully saturated rings. The first-order valence-corrected chi connectivity index (χ1v) is 11.9. The molecule has 1 aromatic heterocycles. The topological polar surface area (TPSA) is 122 Å². The maximum atomic E-state index is 12.6. The summed E-state index contributed by atoms with van der Waals surface area (Å²) >= 11 is 0. The van der Waals surface area contributed by atoms with Crippen LogP contribution in [-0.2, 0) is 16.1 Å². The molecule has 3 amide bonds. The van der Waals surface area contributed by atoms with Crippen molar-refractivity contribution < 1.29 is 24.2 Å². The maximum absolute atomic E-state index is 12.6. The highest BCUT2D eigenvalue weighted by atomic mass is 16.6. The summed E-state index contributed by atoms with van der Waals surface area (Å²) in [5, 5.41) is 18.5. The van der Waals surface area contributed by atoms with Gasteiger partial charge in [0.15, 0.2) is 0 Å². The van der Waals surface area contributed by atoms with Crippen LogP contribution in [0.3, 0.4) is 0 Å². The van der Waals surface area contributed by atoms with E-state index >= 15 is 0 Å². The van der Waals surface area contributed by atoms with Gasteiger partial charge in [-0.05, 0) is 54.4 Å². The predicted octanol–water partition coefficient (Wildman–Crippen LogP) is 3.43. The summed E-state index contributed by atoms with van der Waals surface area (Å²) in [6, 6.07) is 18.0. The first-order chi connectivity index (χ1) is 17.6. The maximum Gasteiger partial charge on any atom is 0.323 e. The molecule has 0 bridgehead atoms. The molecular formula is C27H28N4O5. The highest BCUT2D eigenvalue weighted by molar-refractivity contribution is 5.99. The molecule has 2 aliphatic heterocycles. The van der Waals surface area contributed by atoms with Crippen LogP contribution in [0, 0.1) is 0 Å². The van der Waals surface area contributed by atoms with Crippen molar-refractivity contribution in [3.05, 3.63) is 84.2 Å². The first kappa shape index (κ1) is 23.8. The molecule has 3 aromatic rings. The summed E-state index contributed by atoms with van der Waals surface area (Å²) < 4.78 is 12.1. The van der Waals surface area contributed by atoms with Gasteiger partial charge in [-0.1, -0.05) is 18.2 Å². The molecule has 5 rings (SSSR count). The van der Waals surface area contributed by atoms with Crippen LogP contribution in [0.2, 0.25) is 0 Å². The molecule has 9 nitrogen and oxygen atoms in total. The summed E-state index contributed by atoms with van der Waals surface area (Å²) in [5.74, 6) is 0.505. The van der Waals surface area contributed by atoms with Crippen molar-refractivity contribution in [1.82, 2.24) is 10.3 Å². The SMILES string of the molecule is O=C(C[C@H]1C[C@H]2c3cc(NC(=O)Nc4ccccc4)ccc3O[C@H]2[C@@H](CO)O1)NCc1ccncc1. The van der Waals surface area contributed by atoms with Crippen LogP contribution in [0.4, 0.5) is 16.2 Å². The summed E-state index contributed by atoms with van der Waals surface area (Å²) in [4.78, 5) is 29.0. The van der Waals surface area contributed by atoms with Crippen molar-refractivity contribution >= 4 is 23.3 Å². The molecule has 2 aromatic carbocycles. The molecule has 4 N–H and O–H groups in total. The molecule has 0 radical (unpaired) electrons. The van der Waals surface area contributed by atoms with Gasteiger partial charge in [0.05, 0.1) is 19.1 Å². The van der Waals surface area contributed by atoms with Gasteiger partial charge in [0, 0.05) is 41.8 Å². The van der Waals surface area contributed by atoms with E-state index in [1.54, 1.807) is 18.5 Å². The lowest BCUT2D eigenvalue weighted by molar-refractivity contribution is -0.142. The number of pyridine rings is 1. The summed E-state index contributed by atoms with van der Waals surface area (Å²) in [5.41, 5.74) is 3.22. The molecular weight excluding hydrogens is 460 g/mol. The molecule has 1 saturated heterocycles. The van der Waals surface area contributed by atoms with E-state index in [9.17, 15) is 14.7 Å². The van der Waals surface area contributed by atoms with E-state index in [4.69, 9.17) is 9.47 Å². The lowest BCUT2D eigenvalue weighted by atomic mass is 9.84. The lowest BCUT2D eigenvalue weighted by Gasteiger charge is -2.37. The zero-order valence-corrected chi connectivity index (χ0v) is 19.6. The van der Waals surface area contributed by atoms with E-state index in [0.717, 1.165) is 11.1 Å². The van der Waals surface area contributed by atoms with Crippen molar-refractivity contribution in [3.63, 3.8) is 0 Å². The summed E-state index contributed by atoms with van der Waals surface area (Å²) in [6.07, 6.45) is 2.84. The average molecular weight is 489 g/mol. The van der Waals surface area contributed by atoms with Crippen LogP contribution in [-0.4, -0.2) is 46.9 Å². The number of benzene rings is 2. The van der Waals surface area contributed by atoms with Crippen molar-refractivity contribution in [1.29, 1.82) is 0 Å². The van der Waals surface area contributed by atoms with Gasteiger partial charge < -0.3 is 30.5 Å². The highest BCUT2D eigenvalue weighted by Gasteiger charge is 2.46. The number of hydrogen-bond donors (Lipinski definition) is 4. The number of urea groups is 1. The minimum Gasteiger partial charge on any atom is -0.487 e. The number of aliphatic hydroxyl groups excluding tert-OH is 1. The Morgan fingerprint density at radius 1 is 1.00 bits per heavy atom. The normalized spacial score (nSPS) is 22.0. The Morgan fingerprint density at radius 2 is 1.78 bits per heavy atom. The number of carbonyl (C=O) groups excluding carboxylic acids is 2. The van der Waals surface area contributed by atoms with E-state index < -0.39 is 6.10 Å².